The summed E-state index contributed by atoms with van der Waals surface area (Å²) in [5.74, 6) is 1.54. The number of carboxylic acids is 1. The molecule has 0 aliphatic carbocycles. The fourth-order valence-electron chi connectivity index (χ4n) is 1.94. The van der Waals surface area contributed by atoms with Crippen LogP contribution in [0.3, 0.4) is 0 Å². The maximum Gasteiger partial charge on any atom is 0.303 e. The number of unbranched alkanes of at least 4 members (excludes halogenated alkanes) is 8. The van der Waals surface area contributed by atoms with Crippen molar-refractivity contribution < 1.29 is 9.90 Å². The Morgan fingerprint density at radius 3 is 1.89 bits per heavy atom. The zero-order valence-electron chi connectivity index (χ0n) is 12.0. The summed E-state index contributed by atoms with van der Waals surface area (Å²) in [4.78, 5) is 10.3. The summed E-state index contributed by atoms with van der Waals surface area (Å²) in [6.45, 7) is 2.26. The van der Waals surface area contributed by atoms with Gasteiger partial charge in [0.25, 0.3) is 0 Å². The van der Waals surface area contributed by atoms with E-state index >= 15 is 0 Å². The molecular weight excluding hydrogens is 244 g/mol. The topological polar surface area (TPSA) is 37.3 Å². The minimum absolute atomic E-state index is 0.324. The van der Waals surface area contributed by atoms with E-state index in [4.69, 9.17) is 5.11 Å². The Bertz CT molecular complexity index is 183. The number of rotatable bonds is 14. The molecule has 0 unspecified atom stereocenters. The van der Waals surface area contributed by atoms with E-state index in [-0.39, 0.29) is 0 Å². The van der Waals surface area contributed by atoms with Gasteiger partial charge in [0.2, 0.25) is 0 Å². The van der Waals surface area contributed by atoms with Gasteiger partial charge in [0.15, 0.2) is 0 Å². The molecule has 0 fully saturated rings. The van der Waals surface area contributed by atoms with Crippen LogP contribution >= 0.6 is 11.8 Å². The van der Waals surface area contributed by atoms with Crippen LogP contribution in [0.25, 0.3) is 0 Å². The minimum atomic E-state index is -0.668. The van der Waals surface area contributed by atoms with Crippen molar-refractivity contribution in [3.05, 3.63) is 0 Å². The predicted octanol–water partition coefficient (Wildman–Crippen LogP) is 5.12. The van der Waals surface area contributed by atoms with Gasteiger partial charge in [-0.1, -0.05) is 58.3 Å². The summed E-state index contributed by atoms with van der Waals surface area (Å²) >= 11 is 1.91. The van der Waals surface area contributed by atoms with Crippen molar-refractivity contribution in [1.29, 1.82) is 0 Å². The second-order valence-electron chi connectivity index (χ2n) is 4.94. The van der Waals surface area contributed by atoms with Crippen LogP contribution in [0.15, 0.2) is 0 Å². The van der Waals surface area contributed by atoms with Crippen LogP contribution in [0.1, 0.15) is 77.6 Å². The Balaban J connectivity index is 2.92. The molecule has 0 saturated carbocycles. The van der Waals surface area contributed by atoms with E-state index in [1.54, 1.807) is 0 Å². The van der Waals surface area contributed by atoms with Crippen LogP contribution in [0.5, 0.6) is 0 Å². The second kappa shape index (κ2) is 14.9. The molecule has 0 aliphatic heterocycles. The lowest BCUT2D eigenvalue weighted by Gasteiger charge is -2.02. The normalized spacial score (nSPS) is 10.7. The van der Waals surface area contributed by atoms with Gasteiger partial charge in [-0.15, -0.1) is 0 Å². The summed E-state index contributed by atoms with van der Waals surface area (Å²) in [5, 5.41) is 8.48. The molecule has 0 saturated heterocycles. The summed E-state index contributed by atoms with van der Waals surface area (Å²) in [6, 6.07) is 0. The number of thioether (sulfide) groups is 1. The fourth-order valence-corrected chi connectivity index (χ4v) is 2.90. The first kappa shape index (κ1) is 17.8. The zero-order valence-corrected chi connectivity index (χ0v) is 12.8. The van der Waals surface area contributed by atoms with E-state index in [1.807, 2.05) is 11.8 Å². The molecule has 0 rings (SSSR count). The van der Waals surface area contributed by atoms with Crippen molar-refractivity contribution in [3.63, 3.8) is 0 Å². The largest absolute Gasteiger partial charge is 0.481 e. The van der Waals surface area contributed by atoms with Gasteiger partial charge in [0, 0.05) is 6.42 Å². The third-order valence-corrected chi connectivity index (χ3v) is 4.23. The highest BCUT2D eigenvalue weighted by molar-refractivity contribution is 7.99. The van der Waals surface area contributed by atoms with Gasteiger partial charge < -0.3 is 5.11 Å². The quantitative estimate of drug-likeness (QED) is 0.447. The van der Waals surface area contributed by atoms with Crippen LogP contribution in [0.2, 0.25) is 0 Å². The summed E-state index contributed by atoms with van der Waals surface area (Å²) in [7, 11) is 0. The Morgan fingerprint density at radius 2 is 1.33 bits per heavy atom. The van der Waals surface area contributed by atoms with Gasteiger partial charge >= 0.3 is 5.97 Å². The third-order valence-electron chi connectivity index (χ3n) is 3.07. The number of carbonyl (C=O) groups is 1. The third kappa shape index (κ3) is 15.8. The van der Waals surface area contributed by atoms with Crippen LogP contribution < -0.4 is 0 Å². The highest BCUT2D eigenvalue weighted by atomic mass is 32.2. The summed E-state index contributed by atoms with van der Waals surface area (Å²) < 4.78 is 0. The number of hydrogen-bond donors (Lipinski definition) is 1. The molecule has 0 heterocycles. The summed E-state index contributed by atoms with van der Waals surface area (Å²) in [6.07, 6.45) is 13.5. The van der Waals surface area contributed by atoms with Gasteiger partial charge in [-0.2, -0.15) is 11.8 Å². The average molecular weight is 274 g/mol. The smallest absolute Gasteiger partial charge is 0.303 e. The molecule has 0 bridgehead atoms. The Hall–Kier alpha value is -0.180. The first-order valence-corrected chi connectivity index (χ1v) is 8.72. The van der Waals surface area contributed by atoms with Crippen molar-refractivity contribution in [2.75, 3.05) is 11.5 Å². The highest BCUT2D eigenvalue weighted by Crippen LogP contribution is 2.12. The maximum atomic E-state index is 10.3. The van der Waals surface area contributed by atoms with E-state index in [0.29, 0.717) is 6.42 Å². The molecule has 0 spiro atoms. The van der Waals surface area contributed by atoms with E-state index < -0.39 is 5.97 Å². The van der Waals surface area contributed by atoms with Crippen molar-refractivity contribution >= 4 is 17.7 Å². The van der Waals surface area contributed by atoms with E-state index in [0.717, 1.165) is 12.2 Å². The van der Waals surface area contributed by atoms with Crippen LogP contribution in [0.4, 0.5) is 0 Å². The second-order valence-corrected chi connectivity index (χ2v) is 6.16. The fraction of sp³-hybridized carbons (Fsp3) is 0.933. The minimum Gasteiger partial charge on any atom is -0.481 e. The molecule has 0 atom stereocenters. The highest BCUT2D eigenvalue weighted by Gasteiger charge is 1.96. The zero-order chi connectivity index (χ0) is 13.5. The summed E-state index contributed by atoms with van der Waals surface area (Å²) in [5.41, 5.74) is 0. The standard InChI is InChI=1S/C15H30O2S/c1-2-3-4-5-6-7-8-9-10-13-18-14-11-12-15(16)17/h2-14H2,1H3,(H,16,17). The van der Waals surface area contributed by atoms with Crippen molar-refractivity contribution in [3.8, 4) is 0 Å². The average Bonchev–Trinajstić information content (AvgIpc) is 2.34. The lowest BCUT2D eigenvalue weighted by Crippen LogP contribution is -1.95. The Morgan fingerprint density at radius 1 is 0.833 bits per heavy atom. The molecule has 108 valence electrons. The van der Waals surface area contributed by atoms with Crippen LogP contribution in [-0.4, -0.2) is 22.6 Å². The molecule has 0 aromatic carbocycles. The van der Waals surface area contributed by atoms with Gasteiger partial charge in [0.1, 0.15) is 0 Å². The number of carboxylic acid groups (broad SMARTS) is 1. The molecule has 3 heteroatoms. The number of aliphatic carboxylic acids is 1. The molecule has 18 heavy (non-hydrogen) atoms. The van der Waals surface area contributed by atoms with Crippen LogP contribution in [-0.2, 0) is 4.79 Å². The molecule has 0 radical (unpaired) electrons. The van der Waals surface area contributed by atoms with Crippen molar-refractivity contribution in [2.24, 2.45) is 0 Å². The van der Waals surface area contributed by atoms with Crippen molar-refractivity contribution in [2.45, 2.75) is 77.6 Å². The molecular formula is C15H30O2S. The molecule has 1 N–H and O–H groups in total. The molecule has 0 aliphatic rings. The van der Waals surface area contributed by atoms with Crippen molar-refractivity contribution in [1.82, 2.24) is 0 Å². The maximum absolute atomic E-state index is 10.3. The SMILES string of the molecule is CCCCCCCCCCCSCCCC(=O)O. The van der Waals surface area contributed by atoms with E-state index in [9.17, 15) is 4.79 Å². The van der Waals surface area contributed by atoms with Gasteiger partial charge in [-0.25, -0.2) is 0 Å². The van der Waals surface area contributed by atoms with Gasteiger partial charge in [-0.05, 0) is 24.3 Å². The molecule has 0 amide bonds. The van der Waals surface area contributed by atoms with Gasteiger partial charge in [0.05, 0.1) is 0 Å². The Kier molecular flexibility index (Phi) is 14.7. The number of hydrogen-bond acceptors (Lipinski definition) is 2. The molecule has 0 aromatic heterocycles. The van der Waals surface area contributed by atoms with E-state index in [1.165, 1.54) is 63.5 Å². The monoisotopic (exact) mass is 274 g/mol. The first-order chi connectivity index (χ1) is 8.77. The molecule has 2 nitrogen and oxygen atoms in total. The lowest BCUT2D eigenvalue weighted by atomic mass is 10.1. The lowest BCUT2D eigenvalue weighted by molar-refractivity contribution is -0.137. The van der Waals surface area contributed by atoms with Crippen LogP contribution in [0, 0.1) is 0 Å². The first-order valence-electron chi connectivity index (χ1n) is 7.57. The predicted molar refractivity (Wildman–Crippen MR) is 81.4 cm³/mol. The van der Waals surface area contributed by atoms with E-state index in [2.05, 4.69) is 6.92 Å². The molecule has 0 aromatic rings. The Labute approximate surface area is 117 Å². The van der Waals surface area contributed by atoms with Gasteiger partial charge in [-0.3, -0.25) is 4.79 Å².